The van der Waals surface area contributed by atoms with E-state index < -0.39 is 23.5 Å². The molecule has 0 spiro atoms. The Bertz CT molecular complexity index is 805. The number of benzene rings is 2. The first-order chi connectivity index (χ1) is 11.9. The number of nitrogens with zero attached hydrogens (tertiary/aromatic N) is 1. The summed E-state index contributed by atoms with van der Waals surface area (Å²) in [4.78, 5) is 24.4. The molecule has 0 aliphatic carbocycles. The average Bonchev–Trinajstić information content (AvgIpc) is 2.57. The predicted octanol–water partition coefficient (Wildman–Crippen LogP) is 3.53. The summed E-state index contributed by atoms with van der Waals surface area (Å²) in [6.45, 7) is 0.188. The molecule has 0 unspecified atom stereocenters. The summed E-state index contributed by atoms with van der Waals surface area (Å²) in [5.41, 5.74) is 1.30. The second-order valence-electron chi connectivity index (χ2n) is 5.25. The van der Waals surface area contributed by atoms with Gasteiger partial charge in [-0.3, -0.25) is 4.79 Å². The summed E-state index contributed by atoms with van der Waals surface area (Å²) in [6.07, 6.45) is 0.628. The minimum absolute atomic E-state index is 0.0910. The van der Waals surface area contributed by atoms with Gasteiger partial charge in [-0.1, -0.05) is 41.9 Å². The van der Waals surface area contributed by atoms with Crippen LogP contribution in [0.5, 0.6) is 0 Å². The second-order valence-corrected chi connectivity index (χ2v) is 5.65. The minimum atomic E-state index is -1.60. The van der Waals surface area contributed by atoms with E-state index in [2.05, 4.69) is 0 Å². The van der Waals surface area contributed by atoms with Crippen molar-refractivity contribution in [3.63, 3.8) is 0 Å². The van der Waals surface area contributed by atoms with Crippen LogP contribution in [0.2, 0.25) is 5.02 Å². The van der Waals surface area contributed by atoms with E-state index in [1.54, 1.807) is 24.3 Å². The Kier molecular flexibility index (Phi) is 6.14. The molecule has 0 radical (unpaired) electrons. The van der Waals surface area contributed by atoms with Gasteiger partial charge in [0.15, 0.2) is 0 Å². The van der Waals surface area contributed by atoms with Crippen molar-refractivity contribution in [2.75, 3.05) is 0 Å². The Morgan fingerprint density at radius 3 is 2.28 bits per heavy atom. The van der Waals surface area contributed by atoms with Crippen LogP contribution in [-0.2, 0) is 22.7 Å². The lowest BCUT2D eigenvalue weighted by Crippen LogP contribution is -2.29. The van der Waals surface area contributed by atoms with Gasteiger partial charge in [-0.15, -0.1) is 0 Å². The molecule has 0 aliphatic heterocycles. The van der Waals surface area contributed by atoms with Crippen LogP contribution in [-0.4, -0.2) is 27.0 Å². The van der Waals surface area contributed by atoms with Crippen LogP contribution in [0.15, 0.2) is 60.4 Å². The van der Waals surface area contributed by atoms with E-state index in [-0.39, 0.29) is 13.1 Å². The van der Waals surface area contributed by atoms with E-state index >= 15 is 0 Å². The van der Waals surface area contributed by atoms with E-state index in [9.17, 15) is 19.1 Å². The van der Waals surface area contributed by atoms with Gasteiger partial charge in [-0.2, -0.15) is 0 Å². The highest BCUT2D eigenvalue weighted by molar-refractivity contribution is 6.31. The molecule has 2 N–H and O–H groups in total. The van der Waals surface area contributed by atoms with Crippen LogP contribution >= 0.6 is 11.6 Å². The molecular formula is C18H15ClFNO4. The van der Waals surface area contributed by atoms with Crippen molar-refractivity contribution < 1.29 is 24.2 Å². The Morgan fingerprint density at radius 1 is 1.04 bits per heavy atom. The SMILES string of the molecule is O=C(O)C(O)=CC(=O)N(Cc1ccc(F)cc1)Cc1ccccc1Cl. The molecule has 5 nitrogen and oxygen atoms in total. The number of hydrogen-bond acceptors (Lipinski definition) is 3. The fourth-order valence-electron chi connectivity index (χ4n) is 2.12. The highest BCUT2D eigenvalue weighted by atomic mass is 35.5. The van der Waals surface area contributed by atoms with Crippen molar-refractivity contribution in [2.45, 2.75) is 13.1 Å². The maximum Gasteiger partial charge on any atom is 0.371 e. The molecule has 0 heterocycles. The number of aliphatic hydroxyl groups is 1. The lowest BCUT2D eigenvalue weighted by atomic mass is 10.1. The molecule has 0 atom stereocenters. The molecule has 0 fully saturated rings. The highest BCUT2D eigenvalue weighted by Crippen LogP contribution is 2.19. The Hall–Kier alpha value is -2.86. The maximum atomic E-state index is 13.0. The van der Waals surface area contributed by atoms with Crippen molar-refractivity contribution in [3.8, 4) is 0 Å². The monoisotopic (exact) mass is 363 g/mol. The van der Waals surface area contributed by atoms with Gasteiger partial charge in [0.25, 0.3) is 5.91 Å². The van der Waals surface area contributed by atoms with Gasteiger partial charge in [-0.25, -0.2) is 9.18 Å². The molecule has 1 amide bonds. The van der Waals surface area contributed by atoms with Gasteiger partial charge in [0.2, 0.25) is 5.76 Å². The van der Waals surface area contributed by atoms with E-state index in [1.807, 2.05) is 0 Å². The van der Waals surface area contributed by atoms with Crippen molar-refractivity contribution in [2.24, 2.45) is 0 Å². The summed E-state index contributed by atoms with van der Waals surface area (Å²) in [6, 6.07) is 12.5. The van der Waals surface area contributed by atoms with Crippen molar-refractivity contribution in [3.05, 3.63) is 82.3 Å². The number of aliphatic carboxylic acids is 1. The van der Waals surface area contributed by atoms with Crippen LogP contribution in [0.4, 0.5) is 4.39 Å². The predicted molar refractivity (Wildman–Crippen MR) is 90.5 cm³/mol. The molecule has 0 saturated heterocycles. The summed E-state index contributed by atoms with van der Waals surface area (Å²) in [7, 11) is 0. The van der Waals surface area contributed by atoms with Crippen molar-refractivity contribution in [1.29, 1.82) is 0 Å². The zero-order chi connectivity index (χ0) is 18.4. The molecule has 2 aromatic rings. The lowest BCUT2D eigenvalue weighted by molar-refractivity contribution is -0.136. The van der Waals surface area contributed by atoms with Crippen LogP contribution < -0.4 is 0 Å². The van der Waals surface area contributed by atoms with Gasteiger partial charge < -0.3 is 15.1 Å². The number of carbonyl (C=O) groups is 2. The average molecular weight is 364 g/mol. The number of hydrogen-bond donors (Lipinski definition) is 2. The van der Waals surface area contributed by atoms with Gasteiger partial charge in [0, 0.05) is 18.1 Å². The number of rotatable bonds is 6. The van der Waals surface area contributed by atoms with Gasteiger partial charge in [0.05, 0.1) is 6.08 Å². The van der Waals surface area contributed by atoms with E-state index in [4.69, 9.17) is 16.7 Å². The Balaban J connectivity index is 2.28. The first-order valence-electron chi connectivity index (χ1n) is 7.27. The number of carbonyl (C=O) groups excluding carboxylic acids is 1. The number of carboxylic acids is 1. The lowest BCUT2D eigenvalue weighted by Gasteiger charge is -2.22. The third-order valence-corrected chi connectivity index (χ3v) is 3.77. The normalized spacial score (nSPS) is 11.2. The minimum Gasteiger partial charge on any atom is -0.502 e. The fraction of sp³-hybridized carbons (Fsp3) is 0.111. The number of aliphatic hydroxyl groups excluding tert-OH is 1. The number of carboxylic acid groups (broad SMARTS) is 1. The van der Waals surface area contributed by atoms with Gasteiger partial charge >= 0.3 is 5.97 Å². The zero-order valence-corrected chi connectivity index (χ0v) is 13.8. The molecule has 0 aliphatic rings. The first-order valence-corrected chi connectivity index (χ1v) is 7.65. The summed E-state index contributed by atoms with van der Waals surface area (Å²) in [5.74, 6) is -3.78. The Morgan fingerprint density at radius 2 is 1.68 bits per heavy atom. The topological polar surface area (TPSA) is 77.8 Å². The van der Waals surface area contributed by atoms with Crippen LogP contribution in [0.3, 0.4) is 0 Å². The number of amides is 1. The molecule has 2 aromatic carbocycles. The second kappa shape index (κ2) is 8.30. The maximum absolute atomic E-state index is 13.0. The largest absolute Gasteiger partial charge is 0.502 e. The van der Waals surface area contributed by atoms with E-state index in [0.717, 1.165) is 0 Å². The fourth-order valence-corrected chi connectivity index (χ4v) is 2.32. The number of halogens is 2. The van der Waals surface area contributed by atoms with Crippen molar-refractivity contribution >= 4 is 23.5 Å². The summed E-state index contributed by atoms with van der Waals surface area (Å²) < 4.78 is 13.0. The smallest absolute Gasteiger partial charge is 0.371 e. The molecule has 2 rings (SSSR count). The zero-order valence-electron chi connectivity index (χ0n) is 13.0. The first kappa shape index (κ1) is 18.5. The van der Waals surface area contributed by atoms with Gasteiger partial charge in [-0.05, 0) is 29.3 Å². The van der Waals surface area contributed by atoms with E-state index in [1.165, 1.54) is 29.2 Å². The van der Waals surface area contributed by atoms with E-state index in [0.29, 0.717) is 22.2 Å². The third-order valence-electron chi connectivity index (χ3n) is 3.40. The molecule has 7 heteroatoms. The molecular weight excluding hydrogens is 349 g/mol. The standard InChI is InChI=1S/C18H15ClFNO4/c19-15-4-2-1-3-13(15)11-21(17(23)9-16(22)18(24)25)10-12-5-7-14(20)8-6-12/h1-9,22H,10-11H2,(H,24,25). The summed E-state index contributed by atoms with van der Waals surface area (Å²) >= 11 is 6.11. The summed E-state index contributed by atoms with van der Waals surface area (Å²) in [5, 5.41) is 18.5. The molecule has 0 aromatic heterocycles. The molecule has 0 saturated carbocycles. The molecule has 0 bridgehead atoms. The third kappa shape index (κ3) is 5.32. The van der Waals surface area contributed by atoms with Crippen LogP contribution in [0.25, 0.3) is 0 Å². The van der Waals surface area contributed by atoms with Crippen LogP contribution in [0, 0.1) is 5.82 Å². The van der Waals surface area contributed by atoms with Gasteiger partial charge in [0.1, 0.15) is 5.82 Å². The van der Waals surface area contributed by atoms with Crippen molar-refractivity contribution in [1.82, 2.24) is 4.90 Å². The van der Waals surface area contributed by atoms with Crippen LogP contribution in [0.1, 0.15) is 11.1 Å². The molecule has 130 valence electrons. The molecule has 25 heavy (non-hydrogen) atoms. The highest BCUT2D eigenvalue weighted by Gasteiger charge is 2.17. The quantitative estimate of drug-likeness (QED) is 0.608. The Labute approximate surface area is 148 Å².